The van der Waals surface area contributed by atoms with Gasteiger partial charge in [0.25, 0.3) is 0 Å². The second-order valence-corrected chi connectivity index (χ2v) is 4.91. The number of carbonyl (C=O) groups excluding carboxylic acids is 1. The number of ether oxygens (including phenoxy) is 2. The Hall–Kier alpha value is -1.59. The van der Waals surface area contributed by atoms with E-state index in [1.165, 1.54) is 0 Å². The zero-order valence-electron chi connectivity index (χ0n) is 12.9. The van der Waals surface area contributed by atoms with E-state index in [9.17, 15) is 4.79 Å². The lowest BCUT2D eigenvalue weighted by Crippen LogP contribution is -2.38. The maximum atomic E-state index is 12.5. The summed E-state index contributed by atoms with van der Waals surface area (Å²) in [4.78, 5) is 14.5. The summed E-state index contributed by atoms with van der Waals surface area (Å²) in [6.45, 7) is 3.50. The number of carbonyl (C=O) groups is 1. The Morgan fingerprint density at radius 2 is 2.00 bits per heavy atom. The van der Waals surface area contributed by atoms with Crippen molar-refractivity contribution in [2.75, 3.05) is 41.4 Å². The van der Waals surface area contributed by atoms with Gasteiger partial charge in [-0.3, -0.25) is 4.79 Å². The summed E-state index contributed by atoms with van der Waals surface area (Å²) in [5.41, 5.74) is 0.539. The standard InChI is InChI=1S/C15H24N2O3/c1-11(16-8-9-17(2)3)15(18)13-10-12(19-4)6-7-14(13)20-5/h6-7,10-11,16H,8-9H2,1-5H3. The van der Waals surface area contributed by atoms with Crippen LogP contribution in [0.2, 0.25) is 0 Å². The van der Waals surface area contributed by atoms with Crippen molar-refractivity contribution in [3.63, 3.8) is 0 Å². The topological polar surface area (TPSA) is 50.8 Å². The number of nitrogens with one attached hydrogen (secondary N) is 1. The second kappa shape index (κ2) is 7.87. The summed E-state index contributed by atoms with van der Waals surface area (Å²) in [5.74, 6) is 1.21. The smallest absolute Gasteiger partial charge is 0.183 e. The maximum absolute atomic E-state index is 12.5. The Morgan fingerprint density at radius 3 is 2.55 bits per heavy atom. The summed E-state index contributed by atoms with van der Waals surface area (Å²) < 4.78 is 10.4. The van der Waals surface area contributed by atoms with Gasteiger partial charge in [-0.2, -0.15) is 0 Å². The molecule has 0 radical (unpaired) electrons. The van der Waals surface area contributed by atoms with Crippen molar-refractivity contribution in [3.8, 4) is 11.5 Å². The molecule has 0 aliphatic rings. The van der Waals surface area contributed by atoms with E-state index in [2.05, 4.69) is 10.2 Å². The van der Waals surface area contributed by atoms with Crippen LogP contribution >= 0.6 is 0 Å². The van der Waals surface area contributed by atoms with Crippen LogP contribution in [0.1, 0.15) is 17.3 Å². The summed E-state index contributed by atoms with van der Waals surface area (Å²) in [6.07, 6.45) is 0. The predicted molar refractivity (Wildman–Crippen MR) is 79.9 cm³/mol. The van der Waals surface area contributed by atoms with Crippen LogP contribution in [0, 0.1) is 0 Å². The van der Waals surface area contributed by atoms with E-state index in [1.807, 2.05) is 21.0 Å². The zero-order chi connectivity index (χ0) is 15.1. The molecule has 0 saturated carbocycles. The van der Waals surface area contributed by atoms with Crippen molar-refractivity contribution in [1.29, 1.82) is 0 Å². The van der Waals surface area contributed by atoms with E-state index in [1.54, 1.807) is 32.4 Å². The lowest BCUT2D eigenvalue weighted by molar-refractivity contribution is 0.0946. The van der Waals surface area contributed by atoms with Crippen LogP contribution in [0.3, 0.4) is 0 Å². The molecule has 0 heterocycles. The molecule has 0 aliphatic carbocycles. The molecule has 0 spiro atoms. The van der Waals surface area contributed by atoms with Crippen molar-refractivity contribution in [2.45, 2.75) is 13.0 Å². The molecule has 1 unspecified atom stereocenters. The Kier molecular flexibility index (Phi) is 6.48. The van der Waals surface area contributed by atoms with Gasteiger partial charge in [0.2, 0.25) is 0 Å². The summed E-state index contributed by atoms with van der Waals surface area (Å²) in [7, 11) is 7.13. The van der Waals surface area contributed by atoms with Crippen LogP contribution in [-0.4, -0.2) is 58.1 Å². The fourth-order valence-electron chi connectivity index (χ4n) is 1.84. The first-order valence-corrected chi connectivity index (χ1v) is 6.64. The first-order valence-electron chi connectivity index (χ1n) is 6.64. The van der Waals surface area contributed by atoms with Gasteiger partial charge in [0.15, 0.2) is 5.78 Å². The molecule has 0 amide bonds. The van der Waals surface area contributed by atoms with E-state index in [0.29, 0.717) is 17.1 Å². The molecule has 5 heteroatoms. The zero-order valence-corrected chi connectivity index (χ0v) is 12.9. The van der Waals surface area contributed by atoms with Gasteiger partial charge in [0.1, 0.15) is 11.5 Å². The third-order valence-corrected chi connectivity index (χ3v) is 3.07. The van der Waals surface area contributed by atoms with Gasteiger partial charge in [-0.15, -0.1) is 0 Å². The number of methoxy groups -OCH3 is 2. The molecule has 1 aromatic carbocycles. The van der Waals surface area contributed by atoms with Gasteiger partial charge in [-0.1, -0.05) is 0 Å². The summed E-state index contributed by atoms with van der Waals surface area (Å²) in [5, 5.41) is 3.21. The van der Waals surface area contributed by atoms with Gasteiger partial charge in [-0.25, -0.2) is 0 Å². The quantitative estimate of drug-likeness (QED) is 0.730. The van der Waals surface area contributed by atoms with Crippen LogP contribution in [-0.2, 0) is 0 Å². The van der Waals surface area contributed by atoms with Gasteiger partial charge < -0.3 is 19.7 Å². The third-order valence-electron chi connectivity index (χ3n) is 3.07. The molecule has 0 aromatic heterocycles. The summed E-state index contributed by atoms with van der Waals surface area (Å²) >= 11 is 0. The minimum absolute atomic E-state index is 0.000457. The molecule has 0 fully saturated rings. The SMILES string of the molecule is COc1ccc(OC)c(C(=O)C(C)NCCN(C)C)c1. The highest BCUT2D eigenvalue weighted by atomic mass is 16.5. The fourth-order valence-corrected chi connectivity index (χ4v) is 1.84. The second-order valence-electron chi connectivity index (χ2n) is 4.91. The molecule has 0 bridgehead atoms. The fraction of sp³-hybridized carbons (Fsp3) is 0.533. The molecular formula is C15H24N2O3. The minimum Gasteiger partial charge on any atom is -0.497 e. The molecule has 0 aliphatic heterocycles. The number of hydrogen-bond donors (Lipinski definition) is 1. The number of hydrogen-bond acceptors (Lipinski definition) is 5. The van der Waals surface area contributed by atoms with Crippen LogP contribution in [0.4, 0.5) is 0 Å². The summed E-state index contributed by atoms with van der Waals surface area (Å²) in [6, 6.07) is 4.97. The highest BCUT2D eigenvalue weighted by Crippen LogP contribution is 2.25. The lowest BCUT2D eigenvalue weighted by atomic mass is 10.0. The molecule has 20 heavy (non-hydrogen) atoms. The number of rotatable bonds is 8. The molecule has 1 N–H and O–H groups in total. The number of Topliss-reactive ketones (excluding diaryl/α,β-unsaturated/α-hetero) is 1. The van der Waals surface area contributed by atoms with E-state index >= 15 is 0 Å². The molecule has 112 valence electrons. The first kappa shape index (κ1) is 16.5. The molecule has 1 aromatic rings. The minimum atomic E-state index is -0.268. The highest BCUT2D eigenvalue weighted by molar-refractivity contribution is 6.02. The van der Waals surface area contributed by atoms with Gasteiger partial charge in [0.05, 0.1) is 25.8 Å². The van der Waals surface area contributed by atoms with Gasteiger partial charge in [0, 0.05) is 13.1 Å². The van der Waals surface area contributed by atoms with Crippen LogP contribution in [0.15, 0.2) is 18.2 Å². The normalized spacial score (nSPS) is 12.3. The van der Waals surface area contributed by atoms with Crippen LogP contribution in [0.5, 0.6) is 11.5 Å². The molecule has 0 saturated heterocycles. The van der Waals surface area contributed by atoms with Crippen LogP contribution in [0.25, 0.3) is 0 Å². The number of nitrogens with zero attached hydrogens (tertiary/aromatic N) is 1. The number of benzene rings is 1. The Labute approximate surface area is 120 Å². The van der Waals surface area contributed by atoms with Crippen molar-refractivity contribution in [1.82, 2.24) is 10.2 Å². The third kappa shape index (κ3) is 4.51. The Bertz CT molecular complexity index is 447. The molecular weight excluding hydrogens is 256 g/mol. The van der Waals surface area contributed by atoms with Crippen molar-refractivity contribution in [3.05, 3.63) is 23.8 Å². The Balaban J connectivity index is 2.79. The average molecular weight is 280 g/mol. The maximum Gasteiger partial charge on any atom is 0.183 e. The van der Waals surface area contributed by atoms with E-state index in [4.69, 9.17) is 9.47 Å². The lowest BCUT2D eigenvalue weighted by Gasteiger charge is -2.17. The van der Waals surface area contributed by atoms with Crippen molar-refractivity contribution in [2.24, 2.45) is 0 Å². The van der Waals surface area contributed by atoms with Crippen LogP contribution < -0.4 is 14.8 Å². The largest absolute Gasteiger partial charge is 0.497 e. The predicted octanol–water partition coefficient (Wildman–Crippen LogP) is 1.43. The molecule has 1 rings (SSSR count). The monoisotopic (exact) mass is 280 g/mol. The Morgan fingerprint density at radius 1 is 1.30 bits per heavy atom. The highest BCUT2D eigenvalue weighted by Gasteiger charge is 2.19. The van der Waals surface area contributed by atoms with Crippen molar-refractivity contribution >= 4 is 5.78 Å². The number of likely N-dealkylation sites (N-methyl/N-ethyl adjacent to an activating group) is 1. The molecule has 5 nitrogen and oxygen atoms in total. The van der Waals surface area contributed by atoms with Gasteiger partial charge >= 0.3 is 0 Å². The van der Waals surface area contributed by atoms with E-state index < -0.39 is 0 Å². The van der Waals surface area contributed by atoms with E-state index in [-0.39, 0.29) is 11.8 Å². The van der Waals surface area contributed by atoms with Crippen molar-refractivity contribution < 1.29 is 14.3 Å². The first-order chi connectivity index (χ1) is 9.49. The molecule has 1 atom stereocenters. The number of ketones is 1. The van der Waals surface area contributed by atoms with E-state index in [0.717, 1.165) is 13.1 Å². The van der Waals surface area contributed by atoms with Gasteiger partial charge in [-0.05, 0) is 39.2 Å². The average Bonchev–Trinajstić information content (AvgIpc) is 2.45.